The van der Waals surface area contributed by atoms with Gasteiger partial charge in [0.15, 0.2) is 0 Å². The Balaban J connectivity index is 1.63. The molecule has 1 heterocycles. The number of halogens is 1. The molecule has 0 spiro atoms. The number of nitrogens with one attached hydrogen (secondary N) is 3. The molecule has 1 unspecified atom stereocenters. The number of urea groups is 1. The number of ether oxygens (including phenoxy) is 1. The maximum atomic E-state index is 13.2. The molecule has 0 saturated heterocycles. The highest BCUT2D eigenvalue weighted by Crippen LogP contribution is 2.34. The van der Waals surface area contributed by atoms with Crippen molar-refractivity contribution < 1.29 is 18.7 Å². The summed E-state index contributed by atoms with van der Waals surface area (Å²) in [4.78, 5) is 25.4. The van der Waals surface area contributed by atoms with Crippen molar-refractivity contribution in [3.05, 3.63) is 107 Å². The zero-order valence-electron chi connectivity index (χ0n) is 17.4. The van der Waals surface area contributed by atoms with Crippen LogP contribution in [0.4, 0.5) is 14.9 Å². The van der Waals surface area contributed by atoms with Crippen LogP contribution in [0.15, 0.2) is 90.1 Å². The Labute approximate surface area is 185 Å². The molecule has 7 heteroatoms. The smallest absolute Gasteiger partial charge is 0.319 e. The summed E-state index contributed by atoms with van der Waals surface area (Å²) in [6, 6.07) is 21.3. The number of hydrogen-bond donors (Lipinski definition) is 3. The molecule has 1 atom stereocenters. The monoisotopic (exact) mass is 431 g/mol. The summed E-state index contributed by atoms with van der Waals surface area (Å²) in [6.45, 7) is 2.01. The molecule has 0 saturated carbocycles. The first kappa shape index (κ1) is 21.1. The molecule has 0 fully saturated rings. The molecule has 1 aliphatic rings. The maximum Gasteiger partial charge on any atom is 0.319 e. The number of anilines is 1. The minimum absolute atomic E-state index is 0.338. The van der Waals surface area contributed by atoms with Crippen LogP contribution in [0.25, 0.3) is 0 Å². The summed E-state index contributed by atoms with van der Waals surface area (Å²) in [5.41, 5.74) is 2.86. The van der Waals surface area contributed by atoms with Crippen LogP contribution in [0.2, 0.25) is 0 Å². The molecule has 4 rings (SSSR count). The van der Waals surface area contributed by atoms with E-state index in [1.165, 1.54) is 24.3 Å². The van der Waals surface area contributed by atoms with Gasteiger partial charge in [0.2, 0.25) is 0 Å². The van der Waals surface area contributed by atoms with Crippen molar-refractivity contribution in [2.75, 3.05) is 5.32 Å². The fraction of sp³-hybridized carbons (Fsp3) is 0.120. The lowest BCUT2D eigenvalue weighted by Gasteiger charge is -2.29. The van der Waals surface area contributed by atoms with Crippen LogP contribution in [0.3, 0.4) is 0 Å². The molecule has 0 aliphatic carbocycles. The maximum absolute atomic E-state index is 13.2. The van der Waals surface area contributed by atoms with Crippen molar-refractivity contribution in [2.24, 2.45) is 0 Å². The summed E-state index contributed by atoms with van der Waals surface area (Å²) in [5.74, 6) is -0.250. The standard InChI is InChI=1S/C25H22FN3O3/c1-16-22(24(30)28-19-13-11-18(26)12-14-19)23(29-25(31)27-16)20-9-5-6-10-21(20)32-15-17-7-3-2-4-8-17/h2-14,23H,15H2,1H3,(H,28,30)(H2,27,29,31). The molecule has 6 nitrogen and oxygen atoms in total. The topological polar surface area (TPSA) is 79.5 Å². The zero-order chi connectivity index (χ0) is 22.5. The average Bonchev–Trinajstić information content (AvgIpc) is 2.79. The number of benzene rings is 3. The Bertz CT molecular complexity index is 1160. The number of allylic oxidation sites excluding steroid dienone is 1. The van der Waals surface area contributed by atoms with E-state index in [1.54, 1.807) is 13.0 Å². The Morgan fingerprint density at radius 1 is 1.00 bits per heavy atom. The Morgan fingerprint density at radius 3 is 2.44 bits per heavy atom. The lowest BCUT2D eigenvalue weighted by molar-refractivity contribution is -0.113. The quantitative estimate of drug-likeness (QED) is 0.531. The normalized spacial score (nSPS) is 15.6. The molecule has 3 N–H and O–H groups in total. The van der Waals surface area contributed by atoms with Crippen LogP contribution in [-0.2, 0) is 11.4 Å². The van der Waals surface area contributed by atoms with Crippen molar-refractivity contribution in [1.82, 2.24) is 10.6 Å². The SMILES string of the molecule is CC1=C(C(=O)Nc2ccc(F)cc2)C(c2ccccc2OCc2ccccc2)NC(=O)N1. The first-order valence-electron chi connectivity index (χ1n) is 10.1. The lowest BCUT2D eigenvalue weighted by atomic mass is 9.94. The van der Waals surface area contributed by atoms with Gasteiger partial charge in [0, 0.05) is 16.9 Å². The van der Waals surface area contributed by atoms with Gasteiger partial charge >= 0.3 is 6.03 Å². The van der Waals surface area contributed by atoms with E-state index in [1.807, 2.05) is 48.5 Å². The highest BCUT2D eigenvalue weighted by molar-refractivity contribution is 6.06. The number of carbonyl (C=O) groups excluding carboxylic acids is 2. The summed E-state index contributed by atoms with van der Waals surface area (Å²) in [5, 5.41) is 8.23. The van der Waals surface area contributed by atoms with Gasteiger partial charge in [-0.3, -0.25) is 4.79 Å². The number of rotatable bonds is 6. The minimum atomic E-state index is -0.726. The third-order valence-corrected chi connectivity index (χ3v) is 5.08. The number of para-hydroxylation sites is 1. The van der Waals surface area contributed by atoms with Crippen LogP contribution in [0.1, 0.15) is 24.1 Å². The molecule has 162 valence electrons. The van der Waals surface area contributed by atoms with Gasteiger partial charge in [-0.1, -0.05) is 48.5 Å². The van der Waals surface area contributed by atoms with Gasteiger partial charge < -0.3 is 20.7 Å². The van der Waals surface area contributed by atoms with Crippen LogP contribution in [0.5, 0.6) is 5.75 Å². The predicted molar refractivity (Wildman–Crippen MR) is 119 cm³/mol. The van der Waals surface area contributed by atoms with Crippen molar-refractivity contribution in [3.8, 4) is 5.75 Å². The highest BCUT2D eigenvalue weighted by atomic mass is 19.1. The van der Waals surface area contributed by atoms with Gasteiger partial charge in [0.1, 0.15) is 18.2 Å². The van der Waals surface area contributed by atoms with E-state index >= 15 is 0 Å². The van der Waals surface area contributed by atoms with E-state index in [4.69, 9.17) is 4.74 Å². The molecule has 0 aromatic heterocycles. The zero-order valence-corrected chi connectivity index (χ0v) is 17.4. The first-order chi connectivity index (χ1) is 15.5. The molecule has 3 amide bonds. The molecular weight excluding hydrogens is 409 g/mol. The molecule has 32 heavy (non-hydrogen) atoms. The predicted octanol–water partition coefficient (Wildman–Crippen LogP) is 4.67. The number of carbonyl (C=O) groups is 2. The second-order valence-corrected chi connectivity index (χ2v) is 7.34. The summed E-state index contributed by atoms with van der Waals surface area (Å²) in [6.07, 6.45) is 0. The third kappa shape index (κ3) is 4.78. The minimum Gasteiger partial charge on any atom is -0.489 e. The fourth-order valence-corrected chi connectivity index (χ4v) is 3.55. The van der Waals surface area contributed by atoms with Crippen molar-refractivity contribution in [1.29, 1.82) is 0 Å². The average molecular weight is 431 g/mol. The van der Waals surface area contributed by atoms with E-state index in [-0.39, 0.29) is 0 Å². The van der Waals surface area contributed by atoms with Gasteiger partial charge in [-0.05, 0) is 42.8 Å². The number of hydrogen-bond acceptors (Lipinski definition) is 3. The molecular formula is C25H22FN3O3. The number of amides is 3. The molecule has 0 radical (unpaired) electrons. The van der Waals surface area contributed by atoms with Crippen molar-refractivity contribution in [3.63, 3.8) is 0 Å². The van der Waals surface area contributed by atoms with Gasteiger partial charge in [-0.25, -0.2) is 9.18 Å². The van der Waals surface area contributed by atoms with E-state index in [9.17, 15) is 14.0 Å². The van der Waals surface area contributed by atoms with Crippen LogP contribution in [-0.4, -0.2) is 11.9 Å². The second kappa shape index (κ2) is 9.34. The molecule has 1 aliphatic heterocycles. The summed E-state index contributed by atoms with van der Waals surface area (Å²) < 4.78 is 19.3. The highest BCUT2D eigenvalue weighted by Gasteiger charge is 2.33. The van der Waals surface area contributed by atoms with E-state index in [2.05, 4.69) is 16.0 Å². The van der Waals surface area contributed by atoms with E-state index < -0.39 is 23.8 Å². The van der Waals surface area contributed by atoms with Gasteiger partial charge in [0.05, 0.1) is 11.6 Å². The van der Waals surface area contributed by atoms with Gasteiger partial charge in [0.25, 0.3) is 5.91 Å². The largest absolute Gasteiger partial charge is 0.489 e. The summed E-state index contributed by atoms with van der Waals surface area (Å²) in [7, 11) is 0. The second-order valence-electron chi connectivity index (χ2n) is 7.34. The Kier molecular flexibility index (Phi) is 6.17. The van der Waals surface area contributed by atoms with Crippen LogP contribution >= 0.6 is 0 Å². The molecule has 0 bridgehead atoms. The Morgan fingerprint density at radius 2 is 1.69 bits per heavy atom. The fourth-order valence-electron chi connectivity index (χ4n) is 3.55. The molecule has 3 aromatic rings. The van der Waals surface area contributed by atoms with E-state index in [0.29, 0.717) is 34.9 Å². The van der Waals surface area contributed by atoms with Crippen molar-refractivity contribution >= 4 is 17.6 Å². The first-order valence-corrected chi connectivity index (χ1v) is 10.1. The Hall–Kier alpha value is -4.13. The molecule has 3 aromatic carbocycles. The third-order valence-electron chi connectivity index (χ3n) is 5.08. The lowest BCUT2D eigenvalue weighted by Crippen LogP contribution is -2.46. The summed E-state index contributed by atoms with van der Waals surface area (Å²) >= 11 is 0. The van der Waals surface area contributed by atoms with Gasteiger partial charge in [-0.15, -0.1) is 0 Å². The van der Waals surface area contributed by atoms with Crippen LogP contribution in [0, 0.1) is 5.82 Å². The van der Waals surface area contributed by atoms with E-state index in [0.717, 1.165) is 5.56 Å². The van der Waals surface area contributed by atoms with Crippen molar-refractivity contribution in [2.45, 2.75) is 19.6 Å². The van der Waals surface area contributed by atoms with Crippen LogP contribution < -0.4 is 20.7 Å². The van der Waals surface area contributed by atoms with Gasteiger partial charge in [-0.2, -0.15) is 0 Å².